The van der Waals surface area contributed by atoms with Crippen molar-refractivity contribution >= 4 is 33.8 Å². The van der Waals surface area contributed by atoms with Gasteiger partial charge in [0.2, 0.25) is 0 Å². The topological polar surface area (TPSA) is 85.4 Å². The molecule has 0 unspecified atom stereocenters. The van der Waals surface area contributed by atoms with Gasteiger partial charge < -0.3 is 4.90 Å². The Bertz CT molecular complexity index is 1530. The van der Waals surface area contributed by atoms with Gasteiger partial charge in [0.05, 0.1) is 5.39 Å². The molecule has 0 bridgehead atoms. The predicted octanol–water partition coefficient (Wildman–Crippen LogP) is 3.30. The quantitative estimate of drug-likeness (QED) is 0.382. The molecule has 4 heterocycles. The van der Waals surface area contributed by atoms with Crippen molar-refractivity contribution in [2.45, 2.75) is 25.7 Å². The molecular formula is C25H24ClFN6O2. The Labute approximate surface area is 205 Å². The van der Waals surface area contributed by atoms with E-state index in [1.165, 1.54) is 17.2 Å². The number of rotatable bonds is 6. The number of nitrogens with zero attached hydrogens (tertiary/aromatic N) is 6. The van der Waals surface area contributed by atoms with Gasteiger partial charge in [0.15, 0.2) is 16.6 Å². The number of hydrogen-bond acceptors (Lipinski definition) is 6. The van der Waals surface area contributed by atoms with E-state index in [-0.39, 0.29) is 33.6 Å². The number of pyridine rings is 1. The van der Waals surface area contributed by atoms with Crippen LogP contribution in [-0.4, -0.2) is 54.7 Å². The highest BCUT2D eigenvalue weighted by Crippen LogP contribution is 2.53. The molecule has 10 heteroatoms. The Balaban J connectivity index is 1.05. The minimum atomic E-state index is -0.264. The number of aromatic nitrogens is 5. The zero-order valence-electron chi connectivity index (χ0n) is 19.2. The molecule has 1 aliphatic heterocycles. The molecule has 0 amide bonds. The van der Waals surface area contributed by atoms with Crippen molar-refractivity contribution in [2.24, 2.45) is 18.4 Å². The number of benzene rings is 1. The van der Waals surface area contributed by atoms with Gasteiger partial charge in [0, 0.05) is 43.2 Å². The molecule has 1 aliphatic carbocycles. The molecule has 3 aromatic heterocycles. The summed E-state index contributed by atoms with van der Waals surface area (Å²) in [6.45, 7) is 2.81. The third-order valence-corrected chi connectivity index (χ3v) is 7.79. The summed E-state index contributed by atoms with van der Waals surface area (Å²) in [6.07, 6.45) is 6.10. The van der Waals surface area contributed by atoms with Gasteiger partial charge in [-0.05, 0) is 55.3 Å². The molecule has 1 saturated carbocycles. The average Bonchev–Trinajstić information content (AvgIpc) is 3.24. The van der Waals surface area contributed by atoms with Crippen molar-refractivity contribution in [3.8, 4) is 0 Å². The first-order chi connectivity index (χ1) is 16.8. The number of carbonyl (C=O) groups excluding carboxylic acids is 1. The molecular weight excluding hydrogens is 471 g/mol. The minimum absolute atomic E-state index is 0.0379. The van der Waals surface area contributed by atoms with E-state index >= 15 is 0 Å². The van der Waals surface area contributed by atoms with Crippen LogP contribution in [0.4, 0.5) is 4.39 Å². The van der Waals surface area contributed by atoms with Crippen LogP contribution in [0.15, 0.2) is 41.6 Å². The molecule has 4 aromatic rings. The van der Waals surface area contributed by atoms with E-state index in [9.17, 15) is 14.0 Å². The number of likely N-dealkylation sites (tertiary alicyclic amines) is 1. The smallest absolute Gasteiger partial charge is 0.274 e. The summed E-state index contributed by atoms with van der Waals surface area (Å²) in [5.74, 6) is -0.262. The second-order valence-electron chi connectivity index (χ2n) is 9.97. The number of aryl methyl sites for hydroxylation is 2. The van der Waals surface area contributed by atoms with E-state index in [4.69, 9.17) is 11.6 Å². The number of Topliss-reactive ketones (excluding diaryl/α,β-unsaturated/α-hetero) is 1. The highest BCUT2D eigenvalue weighted by atomic mass is 35.5. The molecule has 2 aliphatic rings. The minimum Gasteiger partial charge on any atom is -0.302 e. The maximum absolute atomic E-state index is 14.3. The van der Waals surface area contributed by atoms with Gasteiger partial charge in [-0.25, -0.2) is 9.07 Å². The molecule has 0 N–H and O–H groups in total. The summed E-state index contributed by atoms with van der Waals surface area (Å²) >= 11 is 6.33. The Morgan fingerprint density at radius 1 is 1.29 bits per heavy atom. The maximum Gasteiger partial charge on any atom is 0.274 e. The molecule has 35 heavy (non-hydrogen) atoms. The standard InChI is InChI=1S/C25H24ClFN6O2/c1-31-24(35)18-6-2-5-17(21(18)23(26)30-31)22(34)16-9-25(10-16)12-32(13-25)7-3-4-15-8-20-29-28-14-33(20)11-19(15)27/h2,5-6,8,11,14,16H,3-4,7,9-10,12-13H2,1H3. The van der Waals surface area contributed by atoms with Crippen LogP contribution in [0.5, 0.6) is 0 Å². The fourth-order valence-corrected chi connectivity index (χ4v) is 6.15. The molecule has 0 radical (unpaired) electrons. The summed E-state index contributed by atoms with van der Waals surface area (Å²) in [4.78, 5) is 28.1. The van der Waals surface area contributed by atoms with Gasteiger partial charge in [-0.3, -0.25) is 14.0 Å². The van der Waals surface area contributed by atoms with Gasteiger partial charge in [-0.2, -0.15) is 5.10 Å². The third-order valence-electron chi connectivity index (χ3n) is 7.53. The lowest BCUT2D eigenvalue weighted by atomic mass is 9.56. The second kappa shape index (κ2) is 8.20. The largest absolute Gasteiger partial charge is 0.302 e. The molecule has 1 saturated heterocycles. The van der Waals surface area contributed by atoms with Crippen LogP contribution in [0, 0.1) is 17.2 Å². The van der Waals surface area contributed by atoms with Crippen LogP contribution >= 0.6 is 11.6 Å². The van der Waals surface area contributed by atoms with E-state index in [2.05, 4.69) is 20.2 Å². The summed E-state index contributed by atoms with van der Waals surface area (Å²) in [6, 6.07) is 6.92. The summed E-state index contributed by atoms with van der Waals surface area (Å²) in [5.41, 5.74) is 1.72. The first-order valence-corrected chi connectivity index (χ1v) is 12.1. The Morgan fingerprint density at radius 2 is 2.09 bits per heavy atom. The molecule has 1 aromatic carbocycles. The van der Waals surface area contributed by atoms with E-state index in [1.54, 1.807) is 35.7 Å². The van der Waals surface area contributed by atoms with Crippen molar-refractivity contribution in [2.75, 3.05) is 19.6 Å². The first-order valence-electron chi connectivity index (χ1n) is 11.7. The van der Waals surface area contributed by atoms with Crippen LogP contribution in [-0.2, 0) is 13.5 Å². The summed E-state index contributed by atoms with van der Waals surface area (Å²) < 4.78 is 17.0. The lowest BCUT2D eigenvalue weighted by Crippen LogP contribution is -2.63. The molecule has 0 atom stereocenters. The normalized spacial score (nSPS) is 17.7. The monoisotopic (exact) mass is 494 g/mol. The van der Waals surface area contributed by atoms with Gasteiger partial charge >= 0.3 is 0 Å². The van der Waals surface area contributed by atoms with E-state index in [0.717, 1.165) is 38.9 Å². The van der Waals surface area contributed by atoms with Gasteiger partial charge in [-0.1, -0.05) is 23.7 Å². The van der Waals surface area contributed by atoms with Crippen LogP contribution in [0.25, 0.3) is 16.4 Å². The van der Waals surface area contributed by atoms with Crippen LogP contribution < -0.4 is 5.56 Å². The number of ketones is 1. The molecule has 6 rings (SSSR count). The molecule has 8 nitrogen and oxygen atoms in total. The van der Waals surface area contributed by atoms with Gasteiger partial charge in [0.1, 0.15) is 12.1 Å². The Morgan fingerprint density at radius 3 is 2.89 bits per heavy atom. The maximum atomic E-state index is 14.3. The highest BCUT2D eigenvalue weighted by Gasteiger charge is 2.54. The number of carbonyl (C=O) groups is 1. The van der Waals surface area contributed by atoms with Crippen LogP contribution in [0.2, 0.25) is 5.15 Å². The molecule has 180 valence electrons. The van der Waals surface area contributed by atoms with Gasteiger partial charge in [-0.15, -0.1) is 10.2 Å². The SMILES string of the molecule is Cn1nc(Cl)c2c(C(=O)C3CC4(C3)CN(CCCc3cc5nncn5cc3F)C4)cccc2c1=O. The number of fused-ring (bicyclic) bond motifs is 2. The third kappa shape index (κ3) is 3.73. The van der Waals surface area contributed by atoms with Crippen molar-refractivity contribution in [3.05, 3.63) is 69.2 Å². The second-order valence-corrected chi connectivity index (χ2v) is 10.3. The lowest BCUT2D eigenvalue weighted by molar-refractivity contribution is -0.0837. The van der Waals surface area contributed by atoms with Gasteiger partial charge in [0.25, 0.3) is 5.56 Å². The van der Waals surface area contributed by atoms with Crippen molar-refractivity contribution < 1.29 is 9.18 Å². The Hall–Kier alpha value is -3.17. The Kier molecular flexibility index (Phi) is 5.23. The zero-order chi connectivity index (χ0) is 24.3. The predicted molar refractivity (Wildman–Crippen MR) is 129 cm³/mol. The number of halogens is 2. The van der Waals surface area contributed by atoms with Crippen molar-refractivity contribution in [1.82, 2.24) is 29.3 Å². The molecule has 1 spiro atoms. The highest BCUT2D eigenvalue weighted by molar-refractivity contribution is 6.35. The van der Waals surface area contributed by atoms with E-state index in [1.807, 2.05) is 0 Å². The number of hydrogen-bond donors (Lipinski definition) is 0. The van der Waals surface area contributed by atoms with Crippen molar-refractivity contribution in [1.29, 1.82) is 0 Å². The zero-order valence-corrected chi connectivity index (χ0v) is 20.0. The average molecular weight is 495 g/mol. The van der Waals surface area contributed by atoms with Crippen LogP contribution in [0.1, 0.15) is 35.2 Å². The van der Waals surface area contributed by atoms with E-state index < -0.39 is 0 Å². The summed E-state index contributed by atoms with van der Waals surface area (Å²) in [5, 5.41) is 12.9. The van der Waals surface area contributed by atoms with E-state index in [0.29, 0.717) is 34.0 Å². The molecule has 2 fully saturated rings. The fraction of sp³-hybridized carbons (Fsp3) is 0.400. The van der Waals surface area contributed by atoms with Crippen LogP contribution in [0.3, 0.4) is 0 Å². The lowest BCUT2D eigenvalue weighted by Gasteiger charge is -2.59. The van der Waals surface area contributed by atoms with Crippen molar-refractivity contribution in [3.63, 3.8) is 0 Å². The summed E-state index contributed by atoms with van der Waals surface area (Å²) in [7, 11) is 1.55. The first kappa shape index (κ1) is 22.3. The fourth-order valence-electron chi connectivity index (χ4n) is 5.84.